The monoisotopic (exact) mass is 457 g/mol. The van der Waals surface area contributed by atoms with Crippen molar-refractivity contribution in [3.63, 3.8) is 0 Å². The average Bonchev–Trinajstić information content (AvgIpc) is 3.18. The van der Waals surface area contributed by atoms with E-state index in [0.29, 0.717) is 40.7 Å². The molecule has 3 atom stereocenters. The molecule has 11 heteroatoms. The Hall–Kier alpha value is -3.07. The Bertz CT molecular complexity index is 1280. The molecule has 174 valence electrons. The van der Waals surface area contributed by atoms with Crippen molar-refractivity contribution < 1.29 is 9.59 Å². The summed E-state index contributed by atoms with van der Waals surface area (Å²) in [4.78, 5) is 43.1. The molecule has 3 unspecified atom stereocenters. The number of hydrogen-bond donors (Lipinski definition) is 0. The maximum absolute atomic E-state index is 13.3. The summed E-state index contributed by atoms with van der Waals surface area (Å²) in [6, 6.07) is 1.84. The number of carbonyl (C=O) groups is 2. The van der Waals surface area contributed by atoms with Crippen LogP contribution in [-0.2, 0) is 17.9 Å². The fourth-order valence-electron chi connectivity index (χ4n) is 5.41. The molecule has 4 heterocycles. The molecule has 1 saturated carbocycles. The van der Waals surface area contributed by atoms with Gasteiger partial charge >= 0.3 is 0 Å². The first-order valence-electron chi connectivity index (χ1n) is 11.8. The van der Waals surface area contributed by atoms with Gasteiger partial charge in [0.05, 0.1) is 31.7 Å². The Labute approximate surface area is 200 Å². The highest BCUT2D eigenvalue weighted by Crippen LogP contribution is 2.60. The Morgan fingerprint density at radius 2 is 1.97 bits per heavy atom. The van der Waals surface area contributed by atoms with E-state index in [1.165, 1.54) is 13.3 Å². The summed E-state index contributed by atoms with van der Waals surface area (Å²) in [6.07, 6.45) is 6.38. The van der Waals surface area contributed by atoms with Crippen LogP contribution in [0.1, 0.15) is 36.6 Å². The van der Waals surface area contributed by atoms with E-state index in [-0.39, 0.29) is 23.7 Å². The lowest BCUT2D eigenvalue weighted by Crippen LogP contribution is -2.44. The normalized spacial score (nSPS) is 23.4. The van der Waals surface area contributed by atoms with Crippen molar-refractivity contribution in [2.75, 3.05) is 20.6 Å². The van der Waals surface area contributed by atoms with Crippen LogP contribution >= 0.6 is 0 Å². The van der Waals surface area contributed by atoms with Gasteiger partial charge in [-0.3, -0.25) is 19.3 Å². The number of fused-ring (bicyclic) bond motifs is 2. The third kappa shape index (κ3) is 3.91. The molecule has 0 aromatic carbocycles. The van der Waals surface area contributed by atoms with Crippen LogP contribution in [0.25, 0.3) is 22.2 Å². The van der Waals surface area contributed by atoms with Crippen molar-refractivity contribution in [3.05, 3.63) is 36.2 Å². The van der Waals surface area contributed by atoms with Crippen LogP contribution < -0.4 is 0 Å². The molecule has 2 fully saturated rings. The number of nitrogens with zero attached hydrogens (tertiary/aromatic N) is 7. The molecule has 5 rings (SSSR count). The number of amides is 1. The largest absolute Gasteiger partial charge is 0.346 e. The predicted molar refractivity (Wildman–Crippen MR) is 133 cm³/mol. The molecule has 34 heavy (non-hydrogen) atoms. The summed E-state index contributed by atoms with van der Waals surface area (Å²) in [5, 5.41) is 5.21. The molecular weight excluding hydrogens is 428 g/mol. The van der Waals surface area contributed by atoms with E-state index < -0.39 is 0 Å². The van der Waals surface area contributed by atoms with E-state index in [9.17, 15) is 9.59 Å². The topological polar surface area (TPSA) is 97.1 Å². The number of piperidine rings is 1. The fraction of sp³-hybridized carbons (Fsp3) is 0.478. The molecular formula is C23H29B2N7O2. The number of hydrogen-bond acceptors (Lipinski definition) is 7. The Kier molecular flexibility index (Phi) is 5.54. The average molecular weight is 457 g/mol. The van der Waals surface area contributed by atoms with Crippen LogP contribution in [0.3, 0.4) is 0 Å². The number of rotatable bonds is 7. The van der Waals surface area contributed by atoms with Crippen LogP contribution in [0.2, 0.25) is 0 Å². The van der Waals surface area contributed by atoms with Gasteiger partial charge in [-0.2, -0.15) is 5.10 Å². The first-order chi connectivity index (χ1) is 16.2. The van der Waals surface area contributed by atoms with E-state index in [2.05, 4.69) is 34.7 Å². The highest BCUT2D eigenvalue weighted by Gasteiger charge is 2.61. The van der Waals surface area contributed by atoms with Gasteiger partial charge in [0.2, 0.25) is 5.91 Å². The first-order valence-corrected chi connectivity index (χ1v) is 11.8. The highest BCUT2D eigenvalue weighted by molar-refractivity contribution is 6.90. The van der Waals surface area contributed by atoms with Gasteiger partial charge in [-0.05, 0) is 43.9 Å². The quantitative estimate of drug-likeness (QED) is 0.373. The minimum absolute atomic E-state index is 0.0498. The summed E-state index contributed by atoms with van der Waals surface area (Å²) < 4.78 is 1.63. The van der Waals surface area contributed by atoms with E-state index in [1.54, 1.807) is 23.3 Å². The second-order valence-electron chi connectivity index (χ2n) is 10.2. The molecule has 3 aromatic heterocycles. The number of likely N-dealkylation sites (tertiary alicyclic amines) is 1. The molecule has 3 aromatic rings. The molecule has 0 bridgehead atoms. The second kappa shape index (κ2) is 8.30. The van der Waals surface area contributed by atoms with Crippen molar-refractivity contribution in [1.82, 2.24) is 34.5 Å². The summed E-state index contributed by atoms with van der Waals surface area (Å²) >= 11 is 0. The maximum Gasteiger partial charge on any atom is 0.243 e. The van der Waals surface area contributed by atoms with Crippen LogP contribution in [0, 0.1) is 11.3 Å². The van der Waals surface area contributed by atoms with Crippen molar-refractivity contribution >= 4 is 37.5 Å². The third-order valence-electron chi connectivity index (χ3n) is 7.27. The van der Waals surface area contributed by atoms with Gasteiger partial charge in [-0.15, -0.1) is 0 Å². The molecule has 9 nitrogen and oxygen atoms in total. The lowest BCUT2D eigenvalue weighted by atomic mass is 9.49. The van der Waals surface area contributed by atoms with Crippen LogP contribution in [0.4, 0.5) is 0 Å². The van der Waals surface area contributed by atoms with Gasteiger partial charge in [-0.25, -0.2) is 9.97 Å². The van der Waals surface area contributed by atoms with Gasteiger partial charge < -0.3 is 9.80 Å². The number of aromatic nitrogens is 5. The highest BCUT2D eigenvalue weighted by atomic mass is 16.2. The third-order valence-corrected chi connectivity index (χ3v) is 7.27. The van der Waals surface area contributed by atoms with E-state index in [4.69, 9.17) is 0 Å². The van der Waals surface area contributed by atoms with Crippen molar-refractivity contribution in [2.45, 2.75) is 39.3 Å². The fourth-order valence-corrected chi connectivity index (χ4v) is 5.41. The number of Topliss-reactive ketones (excluding diaryl/α,β-unsaturated/α-hetero) is 1. The van der Waals surface area contributed by atoms with Gasteiger partial charge in [0.15, 0.2) is 5.78 Å². The van der Waals surface area contributed by atoms with Crippen LogP contribution in [0.5, 0.6) is 0 Å². The standard InChI is InChI=1S/C23H29B2N7O2/c1-13(33)21-15-5-17(14-7-27-19(28-8-14)10-30(3)4)26-9-18(15)32(29-21)11-20(34)31-12-23(2)6-16(23)22(31)25-24/h5,7-9,16,22,25H,6,10-12,24H2,1-4H3. The number of carbonyl (C=O) groups excluding carboxylic acids is 2. The lowest BCUT2D eigenvalue weighted by molar-refractivity contribution is -0.132. The van der Waals surface area contributed by atoms with E-state index in [1.807, 2.05) is 30.0 Å². The van der Waals surface area contributed by atoms with Crippen LogP contribution in [-0.4, -0.2) is 87.7 Å². The molecule has 1 saturated heterocycles. The van der Waals surface area contributed by atoms with E-state index >= 15 is 0 Å². The minimum atomic E-state index is -0.146. The van der Waals surface area contributed by atoms with Crippen LogP contribution in [0.15, 0.2) is 24.7 Å². The predicted octanol–water partition coefficient (Wildman–Crippen LogP) is 0.332. The van der Waals surface area contributed by atoms with Gasteiger partial charge in [0, 0.05) is 36.8 Å². The maximum atomic E-state index is 13.3. The summed E-state index contributed by atoms with van der Waals surface area (Å²) in [6.45, 7) is 5.33. The Morgan fingerprint density at radius 3 is 2.62 bits per heavy atom. The van der Waals surface area contributed by atoms with Crippen molar-refractivity contribution in [3.8, 4) is 11.3 Å². The zero-order valence-electron chi connectivity index (χ0n) is 20.4. The minimum Gasteiger partial charge on any atom is -0.346 e. The zero-order valence-corrected chi connectivity index (χ0v) is 20.4. The smallest absolute Gasteiger partial charge is 0.243 e. The Morgan fingerprint density at radius 1 is 1.24 bits per heavy atom. The van der Waals surface area contributed by atoms with Crippen molar-refractivity contribution in [2.24, 2.45) is 11.3 Å². The second-order valence-corrected chi connectivity index (χ2v) is 10.2. The number of ketones is 1. The lowest BCUT2D eigenvalue weighted by Gasteiger charge is -2.27. The summed E-state index contributed by atoms with van der Waals surface area (Å²) in [5.74, 6) is 1.54. The van der Waals surface area contributed by atoms with Gasteiger partial charge in [0.1, 0.15) is 25.2 Å². The Balaban J connectivity index is 1.44. The van der Waals surface area contributed by atoms with E-state index in [0.717, 1.165) is 25.1 Å². The molecule has 0 spiro atoms. The molecule has 0 radical (unpaired) electrons. The number of pyridine rings is 1. The summed E-state index contributed by atoms with van der Waals surface area (Å²) in [5.41, 5.74) is 2.72. The first kappa shape index (κ1) is 22.7. The molecule has 2 aliphatic rings. The molecule has 1 amide bonds. The molecule has 1 aliphatic carbocycles. The van der Waals surface area contributed by atoms with Gasteiger partial charge in [0.25, 0.3) is 0 Å². The van der Waals surface area contributed by atoms with Crippen molar-refractivity contribution in [1.29, 1.82) is 0 Å². The molecule has 1 aliphatic heterocycles. The van der Waals surface area contributed by atoms with Gasteiger partial charge in [-0.1, -0.05) is 6.92 Å². The molecule has 0 N–H and O–H groups in total. The summed E-state index contributed by atoms with van der Waals surface area (Å²) in [7, 11) is 7.04. The SMILES string of the molecule is BBC1C2CC2(C)CN1C(=O)Cn1nc(C(C)=O)c2cc(-c3cnc(CN(C)C)nc3)ncc21. The zero-order chi connectivity index (χ0) is 24.2.